The maximum atomic E-state index is 12.8. The molecule has 5 rings (SSSR count). The summed E-state index contributed by atoms with van der Waals surface area (Å²) in [6.07, 6.45) is -0.255. The lowest BCUT2D eigenvalue weighted by atomic mass is 9.77. The van der Waals surface area contributed by atoms with Crippen molar-refractivity contribution >= 4 is 17.9 Å². The molecule has 0 saturated carbocycles. The molecule has 0 radical (unpaired) electrons. The van der Waals surface area contributed by atoms with Gasteiger partial charge < -0.3 is 30.2 Å². The molecule has 0 aliphatic carbocycles. The van der Waals surface area contributed by atoms with Crippen LogP contribution in [0, 0.1) is 0 Å². The Hall–Kier alpha value is -4.37. The van der Waals surface area contributed by atoms with E-state index in [1.807, 2.05) is 0 Å². The van der Waals surface area contributed by atoms with Crippen LogP contribution in [0.25, 0.3) is 0 Å². The SMILES string of the molecule is N[C@@H](CCC(=O)Oc1ccc2c(c1)Oc1cc(O)ccc1C21OC(=O)c2ccccc21)C(=O)O. The summed E-state index contributed by atoms with van der Waals surface area (Å²) in [5.74, 6) is -1.67. The van der Waals surface area contributed by atoms with Crippen LogP contribution in [0.4, 0.5) is 0 Å². The number of aromatic hydroxyl groups is 1. The monoisotopic (exact) mass is 461 g/mol. The first kappa shape index (κ1) is 21.5. The molecule has 0 amide bonds. The fourth-order valence-corrected chi connectivity index (χ4v) is 4.29. The van der Waals surface area contributed by atoms with Crippen LogP contribution in [0.3, 0.4) is 0 Å². The molecule has 9 nitrogen and oxygen atoms in total. The number of fused-ring (bicyclic) bond motifs is 6. The smallest absolute Gasteiger partial charge is 0.340 e. The Morgan fingerprint density at radius 3 is 2.47 bits per heavy atom. The van der Waals surface area contributed by atoms with Crippen molar-refractivity contribution in [2.24, 2.45) is 5.73 Å². The highest BCUT2D eigenvalue weighted by Crippen LogP contribution is 2.56. The second-order valence-electron chi connectivity index (χ2n) is 8.01. The van der Waals surface area contributed by atoms with Gasteiger partial charge in [-0.1, -0.05) is 18.2 Å². The van der Waals surface area contributed by atoms with E-state index in [-0.39, 0.29) is 35.8 Å². The van der Waals surface area contributed by atoms with Gasteiger partial charge in [-0.3, -0.25) is 9.59 Å². The van der Waals surface area contributed by atoms with E-state index in [0.29, 0.717) is 22.3 Å². The summed E-state index contributed by atoms with van der Waals surface area (Å²) in [7, 11) is 0. The summed E-state index contributed by atoms with van der Waals surface area (Å²) in [4.78, 5) is 35.8. The topological polar surface area (TPSA) is 145 Å². The van der Waals surface area contributed by atoms with Crippen LogP contribution in [0.5, 0.6) is 23.0 Å². The number of hydrogen-bond acceptors (Lipinski definition) is 8. The number of ether oxygens (including phenoxy) is 3. The fraction of sp³-hybridized carbons (Fsp3) is 0.160. The third-order valence-electron chi connectivity index (χ3n) is 5.88. The van der Waals surface area contributed by atoms with Gasteiger partial charge in [0.15, 0.2) is 5.60 Å². The number of hydrogen-bond donors (Lipinski definition) is 3. The van der Waals surface area contributed by atoms with Crippen molar-refractivity contribution in [2.75, 3.05) is 0 Å². The minimum atomic E-state index is -1.30. The first-order valence-electron chi connectivity index (χ1n) is 10.5. The van der Waals surface area contributed by atoms with Gasteiger partial charge in [-0.05, 0) is 36.8 Å². The van der Waals surface area contributed by atoms with Crippen molar-refractivity contribution in [3.05, 3.63) is 82.9 Å². The van der Waals surface area contributed by atoms with Crippen LogP contribution < -0.4 is 15.2 Å². The molecule has 3 aromatic rings. The number of benzene rings is 3. The van der Waals surface area contributed by atoms with Crippen molar-refractivity contribution in [3.8, 4) is 23.0 Å². The van der Waals surface area contributed by atoms with Gasteiger partial charge in [0.2, 0.25) is 0 Å². The maximum Gasteiger partial charge on any atom is 0.340 e. The molecule has 4 N–H and O–H groups in total. The van der Waals surface area contributed by atoms with Crippen LogP contribution in [-0.2, 0) is 19.9 Å². The number of phenols is 1. The van der Waals surface area contributed by atoms with Gasteiger partial charge in [0, 0.05) is 35.2 Å². The Morgan fingerprint density at radius 1 is 1.00 bits per heavy atom. The summed E-state index contributed by atoms with van der Waals surface area (Å²) in [6.45, 7) is 0. The van der Waals surface area contributed by atoms with Gasteiger partial charge in [0.1, 0.15) is 29.0 Å². The molecule has 1 unspecified atom stereocenters. The summed E-state index contributed by atoms with van der Waals surface area (Å²) in [5, 5.41) is 18.9. The van der Waals surface area contributed by atoms with Gasteiger partial charge >= 0.3 is 17.9 Å². The molecule has 2 aliphatic rings. The predicted molar refractivity (Wildman–Crippen MR) is 117 cm³/mol. The molecule has 9 heteroatoms. The number of phenolic OH excluding ortho intramolecular Hbond substituents is 1. The van der Waals surface area contributed by atoms with E-state index in [9.17, 15) is 19.5 Å². The summed E-state index contributed by atoms with van der Waals surface area (Å²) in [5.41, 5.74) is 6.24. The first-order valence-corrected chi connectivity index (χ1v) is 10.5. The van der Waals surface area contributed by atoms with E-state index in [1.54, 1.807) is 42.5 Å². The van der Waals surface area contributed by atoms with Crippen LogP contribution in [0.2, 0.25) is 0 Å². The first-order chi connectivity index (χ1) is 16.3. The van der Waals surface area contributed by atoms with Gasteiger partial charge in [0.25, 0.3) is 0 Å². The fourth-order valence-electron chi connectivity index (χ4n) is 4.29. The number of rotatable bonds is 5. The molecule has 0 fully saturated rings. The van der Waals surface area contributed by atoms with Crippen molar-refractivity contribution in [3.63, 3.8) is 0 Å². The quantitative estimate of drug-likeness (QED) is 0.385. The van der Waals surface area contributed by atoms with Gasteiger partial charge in [-0.15, -0.1) is 0 Å². The summed E-state index contributed by atoms with van der Waals surface area (Å²) in [6, 6.07) is 15.1. The third-order valence-corrected chi connectivity index (χ3v) is 5.88. The van der Waals surface area contributed by atoms with E-state index in [4.69, 9.17) is 25.1 Å². The number of carboxylic acid groups (broad SMARTS) is 1. The van der Waals surface area contributed by atoms with Crippen LogP contribution >= 0.6 is 0 Å². The molecule has 0 aromatic heterocycles. The minimum Gasteiger partial charge on any atom is -0.508 e. The zero-order valence-electron chi connectivity index (χ0n) is 17.7. The average Bonchev–Trinajstić information content (AvgIpc) is 3.10. The molecule has 2 heterocycles. The number of carboxylic acids is 1. The molecule has 0 saturated heterocycles. The Kier molecular flexibility index (Phi) is 4.98. The predicted octanol–water partition coefficient (Wildman–Crippen LogP) is 3.06. The number of carbonyl (C=O) groups is 3. The molecule has 2 aliphatic heterocycles. The Morgan fingerprint density at radius 2 is 1.71 bits per heavy atom. The number of aliphatic carboxylic acids is 1. The highest BCUT2D eigenvalue weighted by atomic mass is 16.6. The van der Waals surface area contributed by atoms with Gasteiger partial charge in [-0.25, -0.2) is 4.79 Å². The van der Waals surface area contributed by atoms with E-state index < -0.39 is 29.6 Å². The molecule has 3 aromatic carbocycles. The average molecular weight is 461 g/mol. The summed E-state index contributed by atoms with van der Waals surface area (Å²) < 4.78 is 17.3. The lowest BCUT2D eigenvalue weighted by Crippen LogP contribution is -2.33. The Bertz CT molecular complexity index is 1350. The highest BCUT2D eigenvalue weighted by molar-refractivity contribution is 5.97. The Labute approximate surface area is 193 Å². The number of esters is 2. The molecule has 34 heavy (non-hydrogen) atoms. The Balaban J connectivity index is 1.54. The molecule has 0 bridgehead atoms. The molecular formula is C25H19NO8. The van der Waals surface area contributed by atoms with Gasteiger partial charge in [-0.2, -0.15) is 0 Å². The normalized spacial score (nSPS) is 18.2. The molecule has 172 valence electrons. The second-order valence-corrected chi connectivity index (χ2v) is 8.01. The van der Waals surface area contributed by atoms with Crippen molar-refractivity contribution < 1.29 is 38.8 Å². The second kappa shape index (κ2) is 7.89. The van der Waals surface area contributed by atoms with Gasteiger partial charge in [0.05, 0.1) is 5.56 Å². The summed E-state index contributed by atoms with van der Waals surface area (Å²) >= 11 is 0. The van der Waals surface area contributed by atoms with E-state index >= 15 is 0 Å². The zero-order valence-corrected chi connectivity index (χ0v) is 17.7. The standard InChI is InChI=1S/C25H19NO8/c26-19(23(29)30)9-10-22(28)32-14-6-8-18-21(12-14)33-20-11-13(27)5-7-17(20)25(18)16-4-2-1-3-15(16)24(31)34-25/h1-8,11-12,19,27H,9-10,26H2,(H,29,30)/t19-,25?/m0/s1. The molecule has 1 spiro atoms. The minimum absolute atomic E-state index is 0.0349. The van der Waals surface area contributed by atoms with Crippen LogP contribution in [0.15, 0.2) is 60.7 Å². The van der Waals surface area contributed by atoms with Crippen LogP contribution in [0.1, 0.15) is 39.9 Å². The molecular weight excluding hydrogens is 442 g/mol. The lowest BCUT2D eigenvalue weighted by Gasteiger charge is -2.36. The lowest BCUT2D eigenvalue weighted by molar-refractivity contribution is -0.139. The third kappa shape index (κ3) is 3.34. The van der Waals surface area contributed by atoms with Crippen molar-refractivity contribution in [1.82, 2.24) is 0 Å². The number of carbonyl (C=O) groups excluding carboxylic acids is 2. The van der Waals surface area contributed by atoms with Crippen molar-refractivity contribution in [2.45, 2.75) is 24.5 Å². The van der Waals surface area contributed by atoms with E-state index in [2.05, 4.69) is 0 Å². The van der Waals surface area contributed by atoms with E-state index in [0.717, 1.165) is 0 Å². The van der Waals surface area contributed by atoms with Crippen molar-refractivity contribution in [1.29, 1.82) is 0 Å². The van der Waals surface area contributed by atoms with Crippen LogP contribution in [-0.4, -0.2) is 34.2 Å². The maximum absolute atomic E-state index is 12.8. The molecule has 2 atom stereocenters. The number of nitrogens with two attached hydrogens (primary N) is 1. The zero-order chi connectivity index (χ0) is 24.0. The largest absolute Gasteiger partial charge is 0.508 e. The highest BCUT2D eigenvalue weighted by Gasteiger charge is 2.53. The van der Waals surface area contributed by atoms with E-state index in [1.165, 1.54) is 18.2 Å².